The van der Waals surface area contributed by atoms with Crippen molar-refractivity contribution < 1.29 is 14.4 Å². The summed E-state index contributed by atoms with van der Waals surface area (Å²) in [5.41, 5.74) is 12.9. The summed E-state index contributed by atoms with van der Waals surface area (Å²) < 4.78 is 3.96. The van der Waals surface area contributed by atoms with Crippen molar-refractivity contribution in [1.29, 1.82) is 0 Å². The third kappa shape index (κ3) is 5.09. The van der Waals surface area contributed by atoms with E-state index in [1.807, 2.05) is 38.1 Å². The van der Waals surface area contributed by atoms with Crippen LogP contribution >= 0.6 is 11.5 Å². The SMILES string of the molecule is CCc1ccc(N(C(=O)c2snc(C(N)=O)c2N)C(CC)C(=O)NC2CCCCC2)cc1. The molecule has 32 heavy (non-hydrogen) atoms. The van der Waals surface area contributed by atoms with E-state index in [1.165, 1.54) is 11.3 Å². The van der Waals surface area contributed by atoms with Gasteiger partial charge in [-0.2, -0.15) is 4.37 Å². The number of aromatic nitrogens is 1. The standard InChI is InChI=1S/C23H31N5O3S/c1-3-14-10-12-16(13-11-14)28(23(31)20-18(24)19(21(25)29)27-32-20)17(4-2)22(30)26-15-8-6-5-7-9-15/h10-13,15,17H,3-9,24H2,1-2H3,(H2,25,29)(H,26,30). The molecule has 0 spiro atoms. The number of hydrogen-bond donors (Lipinski definition) is 3. The monoisotopic (exact) mass is 457 g/mol. The lowest BCUT2D eigenvalue weighted by molar-refractivity contribution is -0.123. The van der Waals surface area contributed by atoms with E-state index >= 15 is 0 Å². The van der Waals surface area contributed by atoms with E-state index in [0.717, 1.165) is 49.2 Å². The molecule has 1 aliphatic rings. The van der Waals surface area contributed by atoms with Crippen molar-refractivity contribution in [3.8, 4) is 0 Å². The first-order chi connectivity index (χ1) is 15.4. The number of anilines is 2. The van der Waals surface area contributed by atoms with E-state index in [1.54, 1.807) is 0 Å². The maximum absolute atomic E-state index is 13.6. The minimum absolute atomic E-state index is 0.0507. The van der Waals surface area contributed by atoms with Crippen LogP contribution in [0.2, 0.25) is 0 Å². The Bertz CT molecular complexity index is 967. The molecule has 1 aromatic carbocycles. The lowest BCUT2D eigenvalue weighted by Crippen LogP contribution is -2.52. The molecule has 1 fully saturated rings. The molecular weight excluding hydrogens is 426 g/mol. The molecular formula is C23H31N5O3S. The zero-order valence-electron chi connectivity index (χ0n) is 18.6. The van der Waals surface area contributed by atoms with Gasteiger partial charge in [-0.15, -0.1) is 0 Å². The minimum atomic E-state index is -0.793. The topological polar surface area (TPSA) is 131 Å². The Balaban J connectivity index is 1.97. The molecule has 1 unspecified atom stereocenters. The van der Waals surface area contributed by atoms with Gasteiger partial charge in [-0.05, 0) is 54.9 Å². The fourth-order valence-corrected chi connectivity index (χ4v) is 4.84. The summed E-state index contributed by atoms with van der Waals surface area (Å²) in [6.45, 7) is 3.92. The van der Waals surface area contributed by atoms with Crippen molar-refractivity contribution in [2.45, 2.75) is 70.9 Å². The second kappa shape index (κ2) is 10.6. The number of rotatable bonds is 8. The number of nitrogens with zero attached hydrogens (tertiary/aromatic N) is 2. The van der Waals surface area contributed by atoms with E-state index in [0.29, 0.717) is 12.1 Å². The summed E-state index contributed by atoms with van der Waals surface area (Å²) in [5.74, 6) is -1.45. The van der Waals surface area contributed by atoms with E-state index in [9.17, 15) is 14.4 Å². The highest BCUT2D eigenvalue weighted by Gasteiger charge is 2.34. The minimum Gasteiger partial charge on any atom is -0.395 e. The molecule has 1 aromatic heterocycles. The normalized spacial score (nSPS) is 15.2. The van der Waals surface area contributed by atoms with E-state index in [-0.39, 0.29) is 28.2 Å². The molecule has 3 amide bonds. The Kier molecular flexibility index (Phi) is 7.84. The van der Waals surface area contributed by atoms with Crippen LogP contribution in [0.5, 0.6) is 0 Å². The Labute approximate surface area is 192 Å². The summed E-state index contributed by atoms with van der Waals surface area (Å²) in [6, 6.07) is 6.94. The van der Waals surface area contributed by atoms with E-state index < -0.39 is 17.9 Å². The number of nitrogens with two attached hydrogens (primary N) is 2. The van der Waals surface area contributed by atoms with Gasteiger partial charge in [-0.25, -0.2) is 0 Å². The van der Waals surface area contributed by atoms with Crippen LogP contribution in [0.3, 0.4) is 0 Å². The molecule has 0 saturated heterocycles. The zero-order valence-corrected chi connectivity index (χ0v) is 19.4. The second-order valence-electron chi connectivity index (χ2n) is 8.10. The van der Waals surface area contributed by atoms with Crippen LogP contribution in [0.25, 0.3) is 0 Å². The molecule has 1 saturated carbocycles. The average molecular weight is 458 g/mol. The average Bonchev–Trinajstić information content (AvgIpc) is 3.19. The summed E-state index contributed by atoms with van der Waals surface area (Å²) in [6.07, 6.45) is 6.55. The predicted octanol–water partition coefficient (Wildman–Crippen LogP) is 3.26. The first-order valence-electron chi connectivity index (χ1n) is 11.1. The highest BCUT2D eigenvalue weighted by atomic mass is 32.1. The van der Waals surface area contributed by atoms with Crippen molar-refractivity contribution in [2.24, 2.45) is 5.73 Å². The van der Waals surface area contributed by atoms with Gasteiger partial charge in [0.05, 0.1) is 5.69 Å². The number of hydrogen-bond acceptors (Lipinski definition) is 6. The van der Waals surface area contributed by atoms with Crippen molar-refractivity contribution in [3.05, 3.63) is 40.4 Å². The van der Waals surface area contributed by atoms with Gasteiger partial charge in [0.1, 0.15) is 10.9 Å². The molecule has 0 bridgehead atoms. The molecule has 0 aliphatic heterocycles. The van der Waals surface area contributed by atoms with Gasteiger partial charge in [-0.3, -0.25) is 19.3 Å². The van der Waals surface area contributed by atoms with Crippen LogP contribution in [0.15, 0.2) is 24.3 Å². The Hall–Kier alpha value is -2.94. The van der Waals surface area contributed by atoms with Gasteiger partial charge in [0.2, 0.25) is 5.91 Å². The van der Waals surface area contributed by atoms with Crippen LogP contribution < -0.4 is 21.7 Å². The molecule has 1 heterocycles. The Morgan fingerprint density at radius 3 is 2.34 bits per heavy atom. The molecule has 5 N–H and O–H groups in total. The van der Waals surface area contributed by atoms with Crippen LogP contribution in [0, 0.1) is 0 Å². The number of benzene rings is 1. The van der Waals surface area contributed by atoms with Crippen LogP contribution in [-0.4, -0.2) is 34.2 Å². The maximum atomic E-state index is 13.6. The van der Waals surface area contributed by atoms with Crippen molar-refractivity contribution in [1.82, 2.24) is 9.69 Å². The molecule has 3 rings (SSSR count). The van der Waals surface area contributed by atoms with Gasteiger partial charge < -0.3 is 16.8 Å². The maximum Gasteiger partial charge on any atom is 0.272 e. The van der Waals surface area contributed by atoms with E-state index in [4.69, 9.17) is 11.5 Å². The quantitative estimate of drug-likeness (QED) is 0.560. The second-order valence-corrected chi connectivity index (χ2v) is 8.87. The third-order valence-electron chi connectivity index (χ3n) is 5.95. The lowest BCUT2D eigenvalue weighted by Gasteiger charge is -2.32. The number of carbonyl (C=O) groups is 3. The number of nitrogens with one attached hydrogen (secondary N) is 1. The van der Waals surface area contributed by atoms with E-state index in [2.05, 4.69) is 9.69 Å². The molecule has 2 aromatic rings. The number of primary amides is 1. The smallest absolute Gasteiger partial charge is 0.272 e. The third-order valence-corrected chi connectivity index (χ3v) is 6.80. The fraction of sp³-hybridized carbons (Fsp3) is 0.478. The summed E-state index contributed by atoms with van der Waals surface area (Å²) >= 11 is 0.820. The number of nitrogen functional groups attached to an aromatic ring is 1. The Morgan fingerprint density at radius 2 is 1.81 bits per heavy atom. The predicted molar refractivity (Wildman–Crippen MR) is 127 cm³/mol. The molecule has 1 atom stereocenters. The summed E-state index contributed by atoms with van der Waals surface area (Å²) in [4.78, 5) is 40.1. The van der Waals surface area contributed by atoms with Gasteiger partial charge in [0.25, 0.3) is 11.8 Å². The molecule has 0 radical (unpaired) electrons. The number of aryl methyl sites for hydroxylation is 1. The van der Waals surface area contributed by atoms with Crippen molar-refractivity contribution >= 4 is 40.6 Å². The van der Waals surface area contributed by atoms with Crippen LogP contribution in [-0.2, 0) is 11.2 Å². The molecule has 9 heteroatoms. The lowest BCUT2D eigenvalue weighted by atomic mass is 9.95. The zero-order chi connectivity index (χ0) is 23.3. The van der Waals surface area contributed by atoms with Crippen molar-refractivity contribution in [2.75, 3.05) is 10.6 Å². The summed E-state index contributed by atoms with van der Waals surface area (Å²) in [7, 11) is 0. The summed E-state index contributed by atoms with van der Waals surface area (Å²) in [5, 5.41) is 3.14. The van der Waals surface area contributed by atoms with Crippen molar-refractivity contribution in [3.63, 3.8) is 0 Å². The first-order valence-corrected chi connectivity index (χ1v) is 11.9. The fourth-order valence-electron chi connectivity index (χ4n) is 4.10. The van der Waals surface area contributed by atoms with Gasteiger partial charge >= 0.3 is 0 Å². The van der Waals surface area contributed by atoms with Gasteiger partial charge in [-0.1, -0.05) is 45.2 Å². The highest BCUT2D eigenvalue weighted by Crippen LogP contribution is 2.29. The largest absolute Gasteiger partial charge is 0.395 e. The molecule has 8 nitrogen and oxygen atoms in total. The first kappa shape index (κ1) is 23.7. The van der Waals surface area contributed by atoms with Gasteiger partial charge in [0.15, 0.2) is 5.69 Å². The Morgan fingerprint density at radius 1 is 1.16 bits per heavy atom. The number of amides is 3. The number of carbonyl (C=O) groups excluding carboxylic acids is 3. The molecule has 1 aliphatic carbocycles. The highest BCUT2D eigenvalue weighted by molar-refractivity contribution is 7.09. The van der Waals surface area contributed by atoms with Crippen LogP contribution in [0.4, 0.5) is 11.4 Å². The van der Waals surface area contributed by atoms with Gasteiger partial charge in [0, 0.05) is 11.7 Å². The molecule has 172 valence electrons. The van der Waals surface area contributed by atoms with Crippen LogP contribution in [0.1, 0.15) is 78.1 Å².